The molecule has 14 heteroatoms. The van der Waals surface area contributed by atoms with Gasteiger partial charge in [-0.3, -0.25) is 19.5 Å². The summed E-state index contributed by atoms with van der Waals surface area (Å²) < 4.78 is 41.0. The molecule has 0 saturated heterocycles. The number of carbonyl (C=O) groups is 3. The van der Waals surface area contributed by atoms with E-state index in [0.717, 1.165) is 47.7 Å². The second-order valence-electron chi connectivity index (χ2n) is 18.6. The molecule has 0 amide bonds. The van der Waals surface area contributed by atoms with E-state index >= 15 is 0 Å². The summed E-state index contributed by atoms with van der Waals surface area (Å²) in [6.45, 7) is 6.63. The molecule has 0 saturated carbocycles. The number of phosphoric ester groups is 1. The molecule has 0 aromatic heterocycles. The van der Waals surface area contributed by atoms with E-state index in [4.69, 9.17) is 23.3 Å². The average Bonchev–Trinajstić information content (AvgIpc) is 3.26. The van der Waals surface area contributed by atoms with Gasteiger partial charge in [0.2, 0.25) is 0 Å². The van der Waals surface area contributed by atoms with Gasteiger partial charge in [0.05, 0.1) is 33.3 Å². The Labute approximate surface area is 394 Å². The molecule has 0 aliphatic carbocycles. The fourth-order valence-electron chi connectivity index (χ4n) is 7.22. The summed E-state index contributed by atoms with van der Waals surface area (Å²) >= 11 is 0.805. The number of esters is 2. The Hall–Kier alpha value is -3.55. The first-order valence-electron chi connectivity index (χ1n) is 23.5. The maximum atomic E-state index is 14.7. The average molecular weight is 941 g/mol. The standard InChI is InChI=1S/C51H77N2O10PS/c1-8-9-10-11-12-13-14-15-16-17-18-19-29-36-47(54)59-39-45(40-61-64(57,58)60-38-37-53(5,6)7)62-48(55)46(41-65-49(56)63-50(2,3)4)52-51(42-30-23-20-24-31-42,43-32-25-21-26-33-43)44-34-27-22-28-35-44/h20-28,30-35,45-46,52H,8-19,29,36-41H2,1-7H3/t45?,46-/m0/s1. The number of likely N-dealkylation sites (N-methyl/N-ethyl adjacent to an activating group) is 1. The van der Waals surface area contributed by atoms with E-state index in [1.165, 1.54) is 57.8 Å². The van der Waals surface area contributed by atoms with Gasteiger partial charge in [0.15, 0.2) is 6.10 Å². The zero-order valence-electron chi connectivity index (χ0n) is 40.1. The van der Waals surface area contributed by atoms with Gasteiger partial charge in [-0.15, -0.1) is 0 Å². The molecule has 0 aliphatic rings. The lowest BCUT2D eigenvalue weighted by Crippen LogP contribution is -2.54. The van der Waals surface area contributed by atoms with Crippen LogP contribution in [0.15, 0.2) is 91.0 Å². The summed E-state index contributed by atoms with van der Waals surface area (Å²) in [7, 11) is 0.831. The smallest absolute Gasteiger partial charge is 0.367 e. The molecule has 3 aromatic rings. The first kappa shape index (κ1) is 55.8. The Morgan fingerprint density at radius 3 is 1.60 bits per heavy atom. The number of quaternary nitrogens is 1. The third-order valence-electron chi connectivity index (χ3n) is 10.7. The van der Waals surface area contributed by atoms with Gasteiger partial charge in [0, 0.05) is 12.2 Å². The summed E-state index contributed by atoms with van der Waals surface area (Å²) in [6.07, 6.45) is 14.0. The minimum absolute atomic E-state index is 0.128. The highest BCUT2D eigenvalue weighted by atomic mass is 32.2. The Kier molecular flexibility index (Phi) is 25.1. The number of unbranched alkanes of at least 4 members (excludes halogenated alkanes) is 12. The number of thioether (sulfide) groups is 1. The predicted molar refractivity (Wildman–Crippen MR) is 258 cm³/mol. The number of rotatable bonds is 32. The maximum absolute atomic E-state index is 14.7. The third kappa shape index (κ3) is 22.7. The van der Waals surface area contributed by atoms with Crippen LogP contribution in [0, 0.1) is 0 Å². The monoisotopic (exact) mass is 941 g/mol. The lowest BCUT2D eigenvalue weighted by molar-refractivity contribution is -0.870. The van der Waals surface area contributed by atoms with Crippen LogP contribution in [-0.2, 0) is 43.0 Å². The Balaban J connectivity index is 1.82. The van der Waals surface area contributed by atoms with Gasteiger partial charge in [0.25, 0.3) is 7.82 Å². The highest BCUT2D eigenvalue weighted by molar-refractivity contribution is 8.13. The van der Waals surface area contributed by atoms with Crippen molar-refractivity contribution >= 4 is 36.8 Å². The number of nitrogens with one attached hydrogen (secondary N) is 1. The van der Waals surface area contributed by atoms with Crippen LogP contribution in [0.3, 0.4) is 0 Å². The van der Waals surface area contributed by atoms with Crippen LogP contribution in [0.5, 0.6) is 0 Å². The molecule has 362 valence electrons. The minimum Gasteiger partial charge on any atom is -0.756 e. The molecule has 3 rings (SSSR count). The summed E-state index contributed by atoms with van der Waals surface area (Å²) in [5, 5.41) is 3.00. The van der Waals surface area contributed by atoms with Crippen molar-refractivity contribution < 1.29 is 51.6 Å². The summed E-state index contributed by atoms with van der Waals surface area (Å²) in [4.78, 5) is 53.8. The van der Waals surface area contributed by atoms with Crippen molar-refractivity contribution in [1.82, 2.24) is 5.32 Å². The third-order valence-corrected chi connectivity index (χ3v) is 12.5. The van der Waals surface area contributed by atoms with Crippen molar-refractivity contribution in [3.8, 4) is 0 Å². The normalized spacial score (nSPS) is 14.0. The molecule has 2 unspecified atom stereocenters. The van der Waals surface area contributed by atoms with Gasteiger partial charge >= 0.3 is 17.2 Å². The summed E-state index contributed by atoms with van der Waals surface area (Å²) in [5.41, 5.74) is 0.473. The Morgan fingerprint density at radius 2 is 1.15 bits per heavy atom. The number of hydrogen-bond acceptors (Lipinski definition) is 12. The molecule has 0 fully saturated rings. The lowest BCUT2D eigenvalue weighted by atomic mass is 9.76. The number of nitrogens with zero attached hydrogens (tertiary/aromatic N) is 1. The van der Waals surface area contributed by atoms with Gasteiger partial charge in [0.1, 0.15) is 31.4 Å². The van der Waals surface area contributed by atoms with E-state index in [0.29, 0.717) is 17.4 Å². The molecule has 0 bridgehead atoms. The van der Waals surface area contributed by atoms with Crippen LogP contribution in [0.1, 0.15) is 134 Å². The van der Waals surface area contributed by atoms with Crippen LogP contribution in [-0.4, -0.2) is 92.7 Å². The molecular weight excluding hydrogens is 864 g/mol. The number of benzene rings is 3. The van der Waals surface area contributed by atoms with Gasteiger partial charge < -0.3 is 32.6 Å². The fourth-order valence-corrected chi connectivity index (χ4v) is 8.78. The fraction of sp³-hybridized carbons (Fsp3) is 0.588. The van der Waals surface area contributed by atoms with E-state index < -0.39 is 61.6 Å². The van der Waals surface area contributed by atoms with Crippen LogP contribution >= 0.6 is 19.6 Å². The van der Waals surface area contributed by atoms with Crippen LogP contribution < -0.4 is 10.2 Å². The minimum atomic E-state index is -4.86. The number of carbonyl (C=O) groups excluding carboxylic acids is 3. The first-order valence-corrected chi connectivity index (χ1v) is 26.0. The predicted octanol–water partition coefficient (Wildman–Crippen LogP) is 10.7. The first-order chi connectivity index (χ1) is 30.9. The summed E-state index contributed by atoms with van der Waals surface area (Å²) in [5.74, 6) is -1.46. The highest BCUT2D eigenvalue weighted by Gasteiger charge is 2.41. The SMILES string of the molecule is CCCCCCCCCCCCCCCC(=O)OCC(COP(=O)([O-])OCC[N+](C)(C)C)OC(=O)[C@H](CSC(=O)OC(C)(C)C)NC(c1ccccc1)(c1ccccc1)c1ccccc1. The van der Waals surface area contributed by atoms with Crippen molar-refractivity contribution in [3.05, 3.63) is 108 Å². The van der Waals surface area contributed by atoms with Crippen molar-refractivity contribution in [2.45, 2.75) is 141 Å². The van der Waals surface area contributed by atoms with Crippen molar-refractivity contribution in [2.75, 3.05) is 53.3 Å². The molecule has 12 nitrogen and oxygen atoms in total. The second-order valence-corrected chi connectivity index (χ2v) is 21.0. The van der Waals surface area contributed by atoms with Gasteiger partial charge in [-0.2, -0.15) is 0 Å². The van der Waals surface area contributed by atoms with Crippen molar-refractivity contribution in [3.63, 3.8) is 0 Å². The molecule has 0 radical (unpaired) electrons. The van der Waals surface area contributed by atoms with E-state index in [1.807, 2.05) is 112 Å². The number of hydrogen-bond donors (Lipinski definition) is 1. The molecule has 0 heterocycles. The van der Waals surface area contributed by atoms with Crippen LogP contribution in [0.2, 0.25) is 0 Å². The Morgan fingerprint density at radius 1 is 0.692 bits per heavy atom. The van der Waals surface area contributed by atoms with Crippen molar-refractivity contribution in [1.29, 1.82) is 0 Å². The molecule has 3 aromatic carbocycles. The molecule has 1 N–H and O–H groups in total. The van der Waals surface area contributed by atoms with Crippen molar-refractivity contribution in [2.24, 2.45) is 0 Å². The zero-order valence-corrected chi connectivity index (χ0v) is 41.8. The molecule has 65 heavy (non-hydrogen) atoms. The van der Waals surface area contributed by atoms with E-state index in [2.05, 4.69) is 12.2 Å². The number of ether oxygens (including phenoxy) is 3. The molecule has 0 spiro atoms. The summed E-state index contributed by atoms with van der Waals surface area (Å²) in [6, 6.07) is 27.7. The van der Waals surface area contributed by atoms with E-state index in [1.54, 1.807) is 20.8 Å². The molecular formula is C51H77N2O10PS. The lowest BCUT2D eigenvalue weighted by Gasteiger charge is -2.39. The topological polar surface area (TPSA) is 150 Å². The Bertz CT molecular complexity index is 1740. The molecule has 0 aliphatic heterocycles. The van der Waals surface area contributed by atoms with Gasteiger partial charge in [-0.1, -0.05) is 175 Å². The number of phosphoric acid groups is 1. The largest absolute Gasteiger partial charge is 0.756 e. The van der Waals surface area contributed by atoms with Crippen LogP contribution in [0.25, 0.3) is 0 Å². The van der Waals surface area contributed by atoms with Gasteiger partial charge in [-0.05, 0) is 55.6 Å². The van der Waals surface area contributed by atoms with E-state index in [9.17, 15) is 23.8 Å². The zero-order chi connectivity index (χ0) is 47.6. The highest BCUT2D eigenvalue weighted by Crippen LogP contribution is 2.39. The maximum Gasteiger partial charge on any atom is 0.367 e. The van der Waals surface area contributed by atoms with E-state index in [-0.39, 0.29) is 18.8 Å². The second kappa shape index (κ2) is 29.3. The quantitative estimate of drug-likeness (QED) is 0.0158. The van der Waals surface area contributed by atoms with Crippen LogP contribution in [0.4, 0.5) is 4.79 Å². The van der Waals surface area contributed by atoms with Gasteiger partial charge in [-0.25, -0.2) is 4.79 Å². The molecule has 3 atom stereocenters.